The molecular formula is C27H30O12. The van der Waals surface area contributed by atoms with Crippen LogP contribution < -0.4 is 10.2 Å². The number of phenolic OH excluding ortho intramolecular Hbond substituents is 2. The number of aliphatic hydroxyl groups excluding tert-OH is 4. The van der Waals surface area contributed by atoms with Crippen molar-refractivity contribution >= 4 is 11.0 Å². The lowest BCUT2D eigenvalue weighted by Crippen LogP contribution is -2.62. The molecule has 0 spiro atoms. The summed E-state index contributed by atoms with van der Waals surface area (Å²) in [4.78, 5) is 12.8. The molecule has 2 aromatic carbocycles. The molecule has 2 saturated heterocycles. The standard InChI is InChI=1S/C27H30O12/c1-12-16(30)6-7-22(35-12)39-26-25(34)24(33)21(11-28)38-27(26)36-15-8-17(31)23-18(32)10-19(37-20(23)9-15)13-2-4-14(29)5-3-13/h2-5,8-10,12,16,21-22,24-31,33-34H,6-7,11H2,1H3/t12-,16?,21?,22?,24+,25?,26+,27?/m0/s1. The van der Waals surface area contributed by atoms with Gasteiger partial charge in [0.15, 0.2) is 17.8 Å². The van der Waals surface area contributed by atoms with Crippen LogP contribution in [0.4, 0.5) is 0 Å². The highest BCUT2D eigenvalue weighted by atomic mass is 16.7. The third kappa shape index (κ3) is 5.58. The molecule has 1 aromatic heterocycles. The van der Waals surface area contributed by atoms with E-state index < -0.39 is 67.0 Å². The molecule has 8 atom stereocenters. The second kappa shape index (κ2) is 11.1. The Morgan fingerprint density at radius 1 is 0.974 bits per heavy atom. The van der Waals surface area contributed by atoms with Crippen LogP contribution in [-0.4, -0.2) is 86.4 Å². The van der Waals surface area contributed by atoms with Gasteiger partial charge in [0.2, 0.25) is 6.29 Å². The summed E-state index contributed by atoms with van der Waals surface area (Å²) in [5, 5.41) is 60.9. The van der Waals surface area contributed by atoms with Gasteiger partial charge in [0, 0.05) is 30.2 Å². The molecule has 2 fully saturated rings. The predicted molar refractivity (Wildman–Crippen MR) is 134 cm³/mol. The van der Waals surface area contributed by atoms with Crippen molar-refractivity contribution in [2.75, 3.05) is 6.61 Å². The van der Waals surface area contributed by atoms with Crippen LogP contribution in [0.1, 0.15) is 19.8 Å². The lowest BCUT2D eigenvalue weighted by Gasteiger charge is -2.43. The number of phenols is 2. The Balaban J connectivity index is 1.46. The van der Waals surface area contributed by atoms with Crippen molar-refractivity contribution in [3.05, 3.63) is 52.7 Å². The molecule has 12 nitrogen and oxygen atoms in total. The van der Waals surface area contributed by atoms with Crippen LogP contribution in [0.15, 0.2) is 51.7 Å². The number of benzene rings is 2. The zero-order valence-corrected chi connectivity index (χ0v) is 20.9. The van der Waals surface area contributed by atoms with Gasteiger partial charge < -0.3 is 54.0 Å². The Kier molecular flexibility index (Phi) is 7.78. The molecule has 5 rings (SSSR count). The largest absolute Gasteiger partial charge is 0.508 e. The van der Waals surface area contributed by atoms with Gasteiger partial charge in [-0.25, -0.2) is 0 Å². The van der Waals surface area contributed by atoms with Crippen LogP contribution in [-0.2, 0) is 14.2 Å². The quantitative estimate of drug-likeness (QED) is 0.257. The van der Waals surface area contributed by atoms with E-state index in [1.54, 1.807) is 19.1 Å². The summed E-state index contributed by atoms with van der Waals surface area (Å²) in [6.07, 6.45) is -8.25. The van der Waals surface area contributed by atoms with Crippen LogP contribution in [0.2, 0.25) is 0 Å². The molecule has 5 unspecified atom stereocenters. The Labute approximate surface area is 222 Å². The first kappa shape index (κ1) is 27.3. The van der Waals surface area contributed by atoms with Gasteiger partial charge in [-0.05, 0) is 37.6 Å². The first-order valence-corrected chi connectivity index (χ1v) is 12.5. The Morgan fingerprint density at radius 2 is 1.72 bits per heavy atom. The Bertz CT molecular complexity index is 1360. The molecule has 39 heavy (non-hydrogen) atoms. The van der Waals surface area contributed by atoms with Gasteiger partial charge in [0.05, 0.1) is 18.8 Å². The number of ether oxygens (including phenoxy) is 4. The number of aromatic hydroxyl groups is 2. The smallest absolute Gasteiger partial charge is 0.229 e. The van der Waals surface area contributed by atoms with Gasteiger partial charge >= 0.3 is 0 Å². The van der Waals surface area contributed by atoms with Crippen molar-refractivity contribution in [2.24, 2.45) is 0 Å². The van der Waals surface area contributed by atoms with Gasteiger partial charge in [-0.3, -0.25) is 4.79 Å². The Morgan fingerprint density at radius 3 is 2.41 bits per heavy atom. The predicted octanol–water partition coefficient (Wildman–Crippen LogP) is 0.960. The summed E-state index contributed by atoms with van der Waals surface area (Å²) in [6, 6.07) is 9.73. The fourth-order valence-electron chi connectivity index (χ4n) is 4.72. The highest BCUT2D eigenvalue weighted by Gasteiger charge is 2.48. The molecular weight excluding hydrogens is 516 g/mol. The molecule has 12 heteroatoms. The molecule has 2 aliphatic rings. The molecule has 210 valence electrons. The first-order chi connectivity index (χ1) is 18.6. The normalized spacial score (nSPS) is 31.3. The fourth-order valence-corrected chi connectivity index (χ4v) is 4.72. The summed E-state index contributed by atoms with van der Waals surface area (Å²) in [5.41, 5.74) is -0.00821. The third-order valence-corrected chi connectivity index (χ3v) is 6.93. The minimum Gasteiger partial charge on any atom is -0.508 e. The van der Waals surface area contributed by atoms with Crippen molar-refractivity contribution in [1.82, 2.24) is 0 Å². The summed E-state index contributed by atoms with van der Waals surface area (Å²) < 4.78 is 29.0. The zero-order valence-electron chi connectivity index (χ0n) is 20.9. The van der Waals surface area contributed by atoms with Crippen molar-refractivity contribution in [3.8, 4) is 28.6 Å². The summed E-state index contributed by atoms with van der Waals surface area (Å²) in [5.74, 6) is -0.223. The van der Waals surface area contributed by atoms with Crippen LogP contribution in [0, 0.1) is 0 Å². The Hall–Kier alpha value is -3.23. The minimum atomic E-state index is -1.54. The van der Waals surface area contributed by atoms with Crippen molar-refractivity contribution in [1.29, 1.82) is 0 Å². The maximum absolute atomic E-state index is 12.8. The molecule has 0 aliphatic carbocycles. The maximum atomic E-state index is 12.8. The number of rotatable bonds is 6. The van der Waals surface area contributed by atoms with E-state index in [4.69, 9.17) is 23.4 Å². The lowest BCUT2D eigenvalue weighted by atomic mass is 9.98. The molecule has 0 amide bonds. The minimum absolute atomic E-state index is 0.00781. The monoisotopic (exact) mass is 546 g/mol. The second-order valence-corrected chi connectivity index (χ2v) is 9.68. The number of hydrogen-bond donors (Lipinski definition) is 6. The van der Waals surface area contributed by atoms with Crippen molar-refractivity contribution < 1.29 is 54.0 Å². The van der Waals surface area contributed by atoms with Gasteiger partial charge in [0.1, 0.15) is 52.3 Å². The molecule has 0 saturated carbocycles. The van der Waals surface area contributed by atoms with Crippen LogP contribution in [0.5, 0.6) is 17.2 Å². The highest BCUT2D eigenvalue weighted by molar-refractivity contribution is 5.86. The molecule has 2 aliphatic heterocycles. The van der Waals surface area contributed by atoms with Gasteiger partial charge in [-0.15, -0.1) is 0 Å². The lowest BCUT2D eigenvalue weighted by molar-refractivity contribution is -0.328. The van der Waals surface area contributed by atoms with Crippen molar-refractivity contribution in [2.45, 2.75) is 69.0 Å². The molecule has 0 bridgehead atoms. The SMILES string of the molecule is C[C@@H]1OC(O[C@H]2C(Oc3cc(O)c4c(=O)cc(-c5ccc(O)cc5)oc4c3)OC(CO)[C@@H](O)C2O)CCC1O. The van der Waals surface area contributed by atoms with Crippen LogP contribution in [0.3, 0.4) is 0 Å². The third-order valence-electron chi connectivity index (χ3n) is 6.93. The number of aliphatic hydroxyl groups is 4. The highest BCUT2D eigenvalue weighted by Crippen LogP contribution is 2.35. The topological polar surface area (TPSA) is 189 Å². The number of fused-ring (bicyclic) bond motifs is 1. The average Bonchev–Trinajstić information content (AvgIpc) is 2.90. The summed E-state index contributed by atoms with van der Waals surface area (Å²) in [7, 11) is 0. The van der Waals surface area contributed by atoms with E-state index in [1.807, 2.05) is 0 Å². The van der Waals surface area contributed by atoms with E-state index in [2.05, 4.69) is 0 Å². The van der Waals surface area contributed by atoms with Crippen LogP contribution in [0.25, 0.3) is 22.3 Å². The zero-order chi connectivity index (χ0) is 27.8. The summed E-state index contributed by atoms with van der Waals surface area (Å²) in [6.45, 7) is 1.05. The van der Waals surface area contributed by atoms with Crippen LogP contribution >= 0.6 is 0 Å². The van der Waals surface area contributed by atoms with Gasteiger partial charge in [0.25, 0.3) is 0 Å². The van der Waals surface area contributed by atoms with E-state index in [9.17, 15) is 35.4 Å². The molecule has 0 radical (unpaired) electrons. The van der Waals surface area contributed by atoms with E-state index in [0.29, 0.717) is 18.4 Å². The van der Waals surface area contributed by atoms with E-state index in [0.717, 1.165) is 0 Å². The molecule has 3 aromatic rings. The second-order valence-electron chi connectivity index (χ2n) is 9.68. The van der Waals surface area contributed by atoms with Gasteiger partial charge in [-0.1, -0.05) is 0 Å². The first-order valence-electron chi connectivity index (χ1n) is 12.5. The van der Waals surface area contributed by atoms with E-state index in [-0.39, 0.29) is 28.2 Å². The van der Waals surface area contributed by atoms with Gasteiger partial charge in [-0.2, -0.15) is 0 Å². The number of hydrogen-bond acceptors (Lipinski definition) is 12. The molecule has 3 heterocycles. The average molecular weight is 547 g/mol. The summed E-state index contributed by atoms with van der Waals surface area (Å²) >= 11 is 0. The fraction of sp³-hybridized carbons (Fsp3) is 0.444. The molecule has 6 N–H and O–H groups in total. The van der Waals surface area contributed by atoms with Crippen molar-refractivity contribution in [3.63, 3.8) is 0 Å². The van der Waals surface area contributed by atoms with E-state index in [1.165, 1.54) is 30.3 Å². The maximum Gasteiger partial charge on any atom is 0.229 e. The van der Waals surface area contributed by atoms with E-state index >= 15 is 0 Å².